The van der Waals surface area contributed by atoms with E-state index in [1.807, 2.05) is 12.1 Å². The van der Waals surface area contributed by atoms with Gasteiger partial charge in [-0.05, 0) is 97.6 Å². The summed E-state index contributed by atoms with van der Waals surface area (Å²) in [5.41, 5.74) is 11.2. The maximum Gasteiger partial charge on any atom is 0.120 e. The Morgan fingerprint density at radius 3 is 2.22 bits per heavy atom. The second-order valence-electron chi connectivity index (χ2n) is 9.17. The summed E-state index contributed by atoms with van der Waals surface area (Å²) < 4.78 is 13.7. The van der Waals surface area contributed by atoms with Gasteiger partial charge in [0.15, 0.2) is 0 Å². The number of hydrogen-bond acceptors (Lipinski definition) is 4. The van der Waals surface area contributed by atoms with Crippen LogP contribution in [0.2, 0.25) is 0 Å². The van der Waals surface area contributed by atoms with Gasteiger partial charge in [-0.2, -0.15) is 0 Å². The minimum absolute atomic E-state index is 0. The molecule has 0 radical (unpaired) electrons. The van der Waals surface area contributed by atoms with E-state index in [4.69, 9.17) is 15.2 Å². The van der Waals surface area contributed by atoms with Gasteiger partial charge in [0, 0.05) is 35.0 Å². The molecule has 4 nitrogen and oxygen atoms in total. The third-order valence-corrected chi connectivity index (χ3v) is 7.43. The largest absolute Gasteiger partial charge is 0.497 e. The molecule has 0 bridgehead atoms. The molecule has 0 aliphatic carbocycles. The quantitative estimate of drug-likeness (QED) is 0.135. The summed E-state index contributed by atoms with van der Waals surface area (Å²) in [5, 5.41) is 1.26. The fourth-order valence-electron chi connectivity index (χ4n) is 4.64. The van der Waals surface area contributed by atoms with E-state index in [0.29, 0.717) is 13.2 Å². The van der Waals surface area contributed by atoms with E-state index in [9.17, 15) is 0 Å². The van der Waals surface area contributed by atoms with Crippen LogP contribution in [0, 0.1) is 0 Å². The van der Waals surface area contributed by atoms with E-state index in [1.54, 1.807) is 18.9 Å². The lowest BCUT2D eigenvalue weighted by Gasteiger charge is -2.09. The molecular weight excluding hydrogens is 500 g/mol. The van der Waals surface area contributed by atoms with Crippen LogP contribution in [-0.2, 0) is 25.8 Å². The number of rotatable bonds is 14. The van der Waals surface area contributed by atoms with Gasteiger partial charge in [-0.1, -0.05) is 30.7 Å². The molecule has 0 amide bonds. The van der Waals surface area contributed by atoms with Crippen molar-refractivity contribution in [1.82, 2.24) is 4.57 Å². The van der Waals surface area contributed by atoms with Crippen LogP contribution >= 0.6 is 24.2 Å². The second kappa shape index (κ2) is 15.0. The average Bonchev–Trinajstić information content (AvgIpc) is 3.26. The Hall–Kier alpha value is -2.60. The first kappa shape index (κ1) is 29.0. The highest BCUT2D eigenvalue weighted by Crippen LogP contribution is 2.27. The van der Waals surface area contributed by atoms with E-state index in [-0.39, 0.29) is 12.4 Å². The normalized spacial score (nSPS) is 10.9. The molecular formula is C31H39ClN2O2S. The van der Waals surface area contributed by atoms with Crippen LogP contribution in [0.15, 0.2) is 77.8 Å². The molecule has 0 unspecified atom stereocenters. The molecule has 1 aromatic heterocycles. The van der Waals surface area contributed by atoms with Gasteiger partial charge in [0.05, 0.1) is 13.7 Å². The zero-order chi connectivity index (χ0) is 25.2. The topological polar surface area (TPSA) is 49.4 Å². The number of nitrogens with zero attached hydrogens (tertiary/aromatic N) is 1. The molecule has 4 aromatic rings. The highest BCUT2D eigenvalue weighted by Gasteiger charge is 2.10. The van der Waals surface area contributed by atoms with Crippen LogP contribution in [-0.4, -0.2) is 31.1 Å². The molecule has 0 saturated carbocycles. The number of hydrogen-bond donors (Lipinski definition) is 1. The molecule has 37 heavy (non-hydrogen) atoms. The lowest BCUT2D eigenvalue weighted by molar-refractivity contribution is 0.322. The number of ether oxygens (including phenoxy) is 2. The highest BCUT2D eigenvalue weighted by molar-refractivity contribution is 7.98. The number of fused-ring (bicyclic) bond motifs is 1. The van der Waals surface area contributed by atoms with Crippen molar-refractivity contribution < 1.29 is 9.47 Å². The van der Waals surface area contributed by atoms with Crippen LogP contribution in [0.3, 0.4) is 0 Å². The van der Waals surface area contributed by atoms with Crippen LogP contribution in [0.4, 0.5) is 0 Å². The smallest absolute Gasteiger partial charge is 0.120 e. The number of aromatic nitrogens is 1. The number of methoxy groups -OCH3 is 1. The summed E-state index contributed by atoms with van der Waals surface area (Å²) >= 11 is 1.80. The number of halogens is 1. The molecule has 0 saturated heterocycles. The van der Waals surface area contributed by atoms with Crippen molar-refractivity contribution >= 4 is 35.1 Å². The monoisotopic (exact) mass is 538 g/mol. The first-order valence-corrected chi connectivity index (χ1v) is 14.1. The maximum absolute atomic E-state index is 6.11. The van der Waals surface area contributed by atoms with Crippen molar-refractivity contribution in [3.05, 3.63) is 89.6 Å². The molecule has 198 valence electrons. The number of unbranched alkanes of at least 4 members (excludes halogenated alkanes) is 2. The Balaban J connectivity index is 0.00000380. The summed E-state index contributed by atoms with van der Waals surface area (Å²) in [7, 11) is 1.69. The van der Waals surface area contributed by atoms with Crippen molar-refractivity contribution in [2.24, 2.45) is 5.73 Å². The van der Waals surface area contributed by atoms with Gasteiger partial charge in [0.25, 0.3) is 0 Å². The fraction of sp³-hybridized carbons (Fsp3) is 0.355. The fourth-order valence-corrected chi connectivity index (χ4v) is 5.05. The Labute approximate surface area is 232 Å². The predicted octanol–water partition coefficient (Wildman–Crippen LogP) is 7.33. The predicted molar refractivity (Wildman–Crippen MR) is 160 cm³/mol. The Bertz CT molecular complexity index is 1220. The summed E-state index contributed by atoms with van der Waals surface area (Å²) in [6.45, 7) is 2.33. The van der Waals surface area contributed by atoms with Gasteiger partial charge >= 0.3 is 0 Å². The van der Waals surface area contributed by atoms with Gasteiger partial charge in [-0.25, -0.2) is 0 Å². The minimum Gasteiger partial charge on any atom is -0.497 e. The third-order valence-electron chi connectivity index (χ3n) is 6.69. The molecule has 0 aliphatic heterocycles. The van der Waals surface area contributed by atoms with Gasteiger partial charge < -0.3 is 19.8 Å². The standard InChI is InChI=1S/C31H38N2O2S.ClH/c1-34-27-11-7-25(8-12-27)18-21-35-28-13-16-31-30(22-28)26(17-19-32)23-33(31)20-5-3-4-6-24-9-14-29(36-2)15-10-24;/h7-16,22-23H,3-6,17-21,32H2,1-2H3;1H. The summed E-state index contributed by atoms with van der Waals surface area (Å²) in [5.74, 6) is 1.79. The summed E-state index contributed by atoms with van der Waals surface area (Å²) in [6.07, 6.45) is 10.9. The second-order valence-corrected chi connectivity index (χ2v) is 10.1. The summed E-state index contributed by atoms with van der Waals surface area (Å²) in [4.78, 5) is 1.33. The van der Waals surface area contributed by atoms with E-state index < -0.39 is 0 Å². The van der Waals surface area contributed by atoms with Crippen molar-refractivity contribution in [3.63, 3.8) is 0 Å². The van der Waals surface area contributed by atoms with E-state index in [1.165, 1.54) is 51.8 Å². The number of aryl methyl sites for hydroxylation is 2. The number of thioether (sulfide) groups is 1. The van der Waals surface area contributed by atoms with Crippen LogP contribution in [0.1, 0.15) is 36.0 Å². The molecule has 0 atom stereocenters. The highest BCUT2D eigenvalue weighted by atomic mass is 35.5. The Morgan fingerprint density at radius 2 is 1.51 bits per heavy atom. The first-order chi connectivity index (χ1) is 17.7. The Kier molecular flexibility index (Phi) is 11.7. The average molecular weight is 539 g/mol. The van der Waals surface area contributed by atoms with Crippen molar-refractivity contribution in [2.75, 3.05) is 26.5 Å². The molecule has 0 aliphatic rings. The SMILES string of the molecule is COc1ccc(CCOc2ccc3c(c2)c(CCN)cn3CCCCCc2ccc(SC)cc2)cc1.Cl. The zero-order valence-corrected chi connectivity index (χ0v) is 23.6. The van der Waals surface area contributed by atoms with Crippen LogP contribution in [0.5, 0.6) is 11.5 Å². The van der Waals surface area contributed by atoms with Crippen molar-refractivity contribution in [3.8, 4) is 11.5 Å². The van der Waals surface area contributed by atoms with Crippen molar-refractivity contribution in [1.29, 1.82) is 0 Å². The molecule has 3 aromatic carbocycles. The lowest BCUT2D eigenvalue weighted by Crippen LogP contribution is -2.02. The van der Waals surface area contributed by atoms with Crippen LogP contribution < -0.4 is 15.2 Å². The zero-order valence-electron chi connectivity index (χ0n) is 21.9. The third kappa shape index (κ3) is 8.19. The molecule has 4 rings (SSSR count). The molecule has 6 heteroatoms. The van der Waals surface area contributed by atoms with Crippen molar-refractivity contribution in [2.45, 2.75) is 50.0 Å². The summed E-state index contributed by atoms with van der Waals surface area (Å²) in [6, 6.07) is 23.6. The Morgan fingerprint density at radius 1 is 0.811 bits per heavy atom. The minimum atomic E-state index is 0. The van der Waals surface area contributed by atoms with E-state index in [0.717, 1.165) is 37.3 Å². The molecule has 1 heterocycles. The molecule has 0 fully saturated rings. The van der Waals surface area contributed by atoms with Gasteiger partial charge in [0.1, 0.15) is 11.5 Å². The number of nitrogens with two attached hydrogens (primary N) is 1. The lowest BCUT2D eigenvalue weighted by atomic mass is 10.1. The van der Waals surface area contributed by atoms with Gasteiger partial charge in [0.2, 0.25) is 0 Å². The number of benzene rings is 3. The maximum atomic E-state index is 6.11. The van der Waals surface area contributed by atoms with E-state index in [2.05, 4.69) is 71.6 Å². The first-order valence-electron chi connectivity index (χ1n) is 12.9. The molecule has 2 N–H and O–H groups in total. The van der Waals surface area contributed by atoms with E-state index >= 15 is 0 Å². The van der Waals surface area contributed by atoms with Gasteiger partial charge in [-0.3, -0.25) is 0 Å². The van der Waals surface area contributed by atoms with Gasteiger partial charge in [-0.15, -0.1) is 24.2 Å². The van der Waals surface area contributed by atoms with Crippen LogP contribution in [0.25, 0.3) is 10.9 Å². The molecule has 0 spiro atoms.